The number of nitrogens with one attached hydrogen (secondary N) is 1. The smallest absolute Gasteiger partial charge is 0.116 e. The summed E-state index contributed by atoms with van der Waals surface area (Å²) in [7, 11) is 1.69. The summed E-state index contributed by atoms with van der Waals surface area (Å²) >= 11 is 7.83. The van der Waals surface area contributed by atoms with Gasteiger partial charge in [-0.3, -0.25) is 0 Å². The second-order valence-corrected chi connectivity index (χ2v) is 5.55. The van der Waals surface area contributed by atoms with Gasteiger partial charge in [-0.25, -0.2) is 9.97 Å². The average molecular weight is 310 g/mol. The molecule has 106 valence electrons. The maximum atomic E-state index is 6.30. The monoisotopic (exact) mass is 309 g/mol. The van der Waals surface area contributed by atoms with E-state index in [0.29, 0.717) is 6.61 Å². The minimum absolute atomic E-state index is 0.704. The van der Waals surface area contributed by atoms with Gasteiger partial charge < -0.3 is 10.1 Å². The maximum Gasteiger partial charge on any atom is 0.116 e. The van der Waals surface area contributed by atoms with E-state index in [1.54, 1.807) is 13.3 Å². The molecular weight excluding hydrogens is 294 g/mol. The van der Waals surface area contributed by atoms with Gasteiger partial charge in [0, 0.05) is 31.3 Å². The van der Waals surface area contributed by atoms with Gasteiger partial charge in [0.05, 0.1) is 11.6 Å². The second-order valence-electron chi connectivity index (χ2n) is 4.08. The zero-order chi connectivity index (χ0) is 14.2. The molecule has 0 aliphatic rings. The first kappa shape index (κ1) is 15.3. The van der Waals surface area contributed by atoms with Crippen molar-refractivity contribution in [1.29, 1.82) is 0 Å². The van der Waals surface area contributed by atoms with Crippen LogP contribution in [0.2, 0.25) is 5.02 Å². The Bertz CT molecular complexity index is 539. The molecule has 6 heteroatoms. The Morgan fingerprint density at radius 2 is 2.25 bits per heavy atom. The molecule has 0 saturated carbocycles. The summed E-state index contributed by atoms with van der Waals surface area (Å²) < 4.78 is 4.99. The first-order valence-corrected chi connectivity index (χ1v) is 7.41. The molecule has 0 bridgehead atoms. The minimum Gasteiger partial charge on any atom is -0.383 e. The Kier molecular flexibility index (Phi) is 6.26. The lowest BCUT2D eigenvalue weighted by Crippen LogP contribution is -2.18. The molecule has 1 heterocycles. The molecular formula is C14H16ClN3OS. The highest BCUT2D eigenvalue weighted by Crippen LogP contribution is 2.32. The van der Waals surface area contributed by atoms with Gasteiger partial charge in [0.25, 0.3) is 0 Å². The van der Waals surface area contributed by atoms with Crippen molar-refractivity contribution in [3.63, 3.8) is 0 Å². The SMILES string of the molecule is COCCNCc1ccc(Sc2ccncn2)c(Cl)c1. The molecule has 0 fully saturated rings. The van der Waals surface area contributed by atoms with Crippen LogP contribution in [-0.2, 0) is 11.3 Å². The van der Waals surface area contributed by atoms with Crippen LogP contribution in [0.25, 0.3) is 0 Å². The minimum atomic E-state index is 0.704. The lowest BCUT2D eigenvalue weighted by Gasteiger charge is -2.07. The van der Waals surface area contributed by atoms with Crippen molar-refractivity contribution in [2.45, 2.75) is 16.5 Å². The van der Waals surface area contributed by atoms with Gasteiger partial charge in [-0.2, -0.15) is 0 Å². The predicted molar refractivity (Wildman–Crippen MR) is 81.2 cm³/mol. The van der Waals surface area contributed by atoms with Crippen LogP contribution >= 0.6 is 23.4 Å². The highest BCUT2D eigenvalue weighted by Gasteiger charge is 2.05. The van der Waals surface area contributed by atoms with Gasteiger partial charge in [0.1, 0.15) is 11.4 Å². The van der Waals surface area contributed by atoms with Crippen LogP contribution in [0.15, 0.2) is 46.7 Å². The van der Waals surface area contributed by atoms with Crippen LogP contribution in [0.1, 0.15) is 5.56 Å². The second kappa shape index (κ2) is 8.21. The molecule has 0 amide bonds. The number of methoxy groups -OCH3 is 1. The van der Waals surface area contributed by atoms with Gasteiger partial charge in [-0.15, -0.1) is 0 Å². The Morgan fingerprint density at radius 3 is 2.95 bits per heavy atom. The summed E-state index contributed by atoms with van der Waals surface area (Å²) in [5.41, 5.74) is 1.15. The van der Waals surface area contributed by atoms with Crippen LogP contribution in [0, 0.1) is 0 Å². The summed E-state index contributed by atoms with van der Waals surface area (Å²) in [4.78, 5) is 9.06. The fraction of sp³-hybridized carbons (Fsp3) is 0.286. The first-order valence-electron chi connectivity index (χ1n) is 6.21. The zero-order valence-corrected chi connectivity index (χ0v) is 12.7. The van der Waals surface area contributed by atoms with E-state index in [0.717, 1.165) is 33.6 Å². The van der Waals surface area contributed by atoms with Crippen molar-refractivity contribution in [3.05, 3.63) is 47.4 Å². The molecule has 20 heavy (non-hydrogen) atoms. The molecule has 0 saturated heterocycles. The summed E-state index contributed by atoms with van der Waals surface area (Å²) in [6.07, 6.45) is 3.25. The Hall–Kier alpha value is -1.14. The van der Waals surface area contributed by atoms with Crippen molar-refractivity contribution in [3.8, 4) is 0 Å². The lowest BCUT2D eigenvalue weighted by atomic mass is 10.2. The number of rotatable bonds is 7. The molecule has 4 nitrogen and oxygen atoms in total. The summed E-state index contributed by atoms with van der Waals surface area (Å²) in [5, 5.41) is 4.91. The van der Waals surface area contributed by atoms with E-state index in [4.69, 9.17) is 16.3 Å². The van der Waals surface area contributed by atoms with E-state index in [9.17, 15) is 0 Å². The van der Waals surface area contributed by atoms with Gasteiger partial charge in [-0.05, 0) is 23.8 Å². The van der Waals surface area contributed by atoms with E-state index in [1.165, 1.54) is 18.1 Å². The number of halogens is 1. The fourth-order valence-electron chi connectivity index (χ4n) is 1.60. The summed E-state index contributed by atoms with van der Waals surface area (Å²) in [6.45, 7) is 2.31. The Morgan fingerprint density at radius 1 is 1.35 bits per heavy atom. The number of hydrogen-bond acceptors (Lipinski definition) is 5. The molecule has 0 unspecified atom stereocenters. The first-order chi connectivity index (χ1) is 9.79. The Balaban J connectivity index is 1.95. The third-order valence-corrected chi connectivity index (χ3v) is 4.03. The molecule has 1 N–H and O–H groups in total. The van der Waals surface area contributed by atoms with Crippen LogP contribution in [0.3, 0.4) is 0 Å². The molecule has 0 atom stereocenters. The standard InChI is InChI=1S/C14H16ClN3OS/c1-19-7-6-16-9-11-2-3-13(12(15)8-11)20-14-4-5-17-10-18-14/h2-5,8,10,16H,6-7,9H2,1H3. The van der Waals surface area contributed by atoms with Crippen LogP contribution in [-0.4, -0.2) is 30.2 Å². The van der Waals surface area contributed by atoms with Crippen molar-refractivity contribution >= 4 is 23.4 Å². The highest BCUT2D eigenvalue weighted by atomic mass is 35.5. The number of benzene rings is 1. The number of ether oxygens (including phenoxy) is 1. The van der Waals surface area contributed by atoms with E-state index >= 15 is 0 Å². The molecule has 2 aromatic rings. The zero-order valence-electron chi connectivity index (χ0n) is 11.2. The average Bonchev–Trinajstić information content (AvgIpc) is 2.47. The number of hydrogen-bond donors (Lipinski definition) is 1. The van der Waals surface area contributed by atoms with Crippen molar-refractivity contribution in [2.24, 2.45) is 0 Å². The largest absolute Gasteiger partial charge is 0.383 e. The van der Waals surface area contributed by atoms with Gasteiger partial charge in [0.2, 0.25) is 0 Å². The van der Waals surface area contributed by atoms with Crippen LogP contribution in [0.4, 0.5) is 0 Å². The molecule has 0 aliphatic heterocycles. The summed E-state index contributed by atoms with van der Waals surface area (Å²) in [5.74, 6) is 0. The molecule has 0 aliphatic carbocycles. The number of nitrogens with zero attached hydrogens (tertiary/aromatic N) is 2. The van der Waals surface area contributed by atoms with Crippen LogP contribution < -0.4 is 5.32 Å². The molecule has 0 spiro atoms. The quantitative estimate of drug-likeness (QED) is 0.629. The summed E-state index contributed by atoms with van der Waals surface area (Å²) in [6, 6.07) is 7.92. The molecule has 1 aromatic heterocycles. The van der Waals surface area contributed by atoms with Crippen molar-refractivity contribution in [2.75, 3.05) is 20.3 Å². The third kappa shape index (κ3) is 4.76. The Labute approximate surface area is 127 Å². The topological polar surface area (TPSA) is 47.0 Å². The highest BCUT2D eigenvalue weighted by molar-refractivity contribution is 7.99. The normalized spacial score (nSPS) is 10.7. The van der Waals surface area contributed by atoms with Gasteiger partial charge in [-0.1, -0.05) is 29.4 Å². The molecule has 1 aromatic carbocycles. The van der Waals surface area contributed by atoms with E-state index in [2.05, 4.69) is 21.4 Å². The van der Waals surface area contributed by atoms with Crippen molar-refractivity contribution < 1.29 is 4.74 Å². The third-order valence-electron chi connectivity index (χ3n) is 2.58. The molecule has 2 rings (SSSR count). The molecule has 0 radical (unpaired) electrons. The fourth-order valence-corrected chi connectivity index (χ4v) is 2.66. The van der Waals surface area contributed by atoms with Crippen LogP contribution in [0.5, 0.6) is 0 Å². The van der Waals surface area contributed by atoms with E-state index in [-0.39, 0.29) is 0 Å². The van der Waals surface area contributed by atoms with Gasteiger partial charge >= 0.3 is 0 Å². The predicted octanol–water partition coefficient (Wildman–Crippen LogP) is 3.02. The van der Waals surface area contributed by atoms with Gasteiger partial charge in [0.15, 0.2) is 0 Å². The van der Waals surface area contributed by atoms with Crippen molar-refractivity contribution in [1.82, 2.24) is 15.3 Å². The lowest BCUT2D eigenvalue weighted by molar-refractivity contribution is 0.199. The number of aromatic nitrogens is 2. The van der Waals surface area contributed by atoms with E-state index < -0.39 is 0 Å². The van der Waals surface area contributed by atoms with E-state index in [1.807, 2.05) is 18.2 Å². The maximum absolute atomic E-state index is 6.30.